The van der Waals surface area contributed by atoms with Crippen molar-refractivity contribution in [3.8, 4) is 0 Å². The van der Waals surface area contributed by atoms with Crippen LogP contribution in [0.15, 0.2) is 29.8 Å². The molecule has 1 unspecified atom stereocenters. The summed E-state index contributed by atoms with van der Waals surface area (Å²) in [6.45, 7) is 2.69. The topological polar surface area (TPSA) is 84.2 Å². The molecule has 2 aromatic rings. The minimum Gasteiger partial charge on any atom is -0.481 e. The third kappa shape index (κ3) is 4.42. The molecule has 112 valence electrons. The quantitative estimate of drug-likeness (QED) is 0.823. The van der Waals surface area contributed by atoms with Crippen LogP contribution in [-0.2, 0) is 16.1 Å². The second kappa shape index (κ2) is 7.03. The number of aliphatic carboxylic acids is 1. The maximum atomic E-state index is 12.0. The van der Waals surface area contributed by atoms with Crippen molar-refractivity contribution in [1.82, 2.24) is 9.78 Å². The average Bonchev–Trinajstić information content (AvgIpc) is 3.08. The van der Waals surface area contributed by atoms with Crippen LogP contribution < -0.4 is 5.32 Å². The van der Waals surface area contributed by atoms with Crippen molar-refractivity contribution in [3.05, 3.63) is 34.7 Å². The molecule has 1 amide bonds. The van der Waals surface area contributed by atoms with Gasteiger partial charge in [0, 0.05) is 36.0 Å². The number of nitrogens with one attached hydrogen (secondary N) is 1. The number of thiophene rings is 1. The average molecular weight is 307 g/mol. The minimum absolute atomic E-state index is 0.0582. The molecule has 0 spiro atoms. The lowest BCUT2D eigenvalue weighted by Gasteiger charge is -2.12. The number of nitrogens with zero attached hydrogens (tertiary/aromatic N) is 2. The van der Waals surface area contributed by atoms with Crippen molar-refractivity contribution in [2.45, 2.75) is 32.2 Å². The molecule has 0 saturated carbocycles. The Balaban J connectivity index is 1.99. The highest BCUT2D eigenvalue weighted by atomic mass is 32.1. The van der Waals surface area contributed by atoms with Gasteiger partial charge in [-0.15, -0.1) is 11.3 Å². The van der Waals surface area contributed by atoms with Crippen LogP contribution in [-0.4, -0.2) is 26.8 Å². The van der Waals surface area contributed by atoms with Gasteiger partial charge >= 0.3 is 5.97 Å². The zero-order valence-corrected chi connectivity index (χ0v) is 12.5. The summed E-state index contributed by atoms with van der Waals surface area (Å²) >= 11 is 1.47. The summed E-state index contributed by atoms with van der Waals surface area (Å²) < 4.78 is 1.71. The molecule has 21 heavy (non-hydrogen) atoms. The van der Waals surface area contributed by atoms with Crippen molar-refractivity contribution in [2.24, 2.45) is 0 Å². The maximum Gasteiger partial charge on any atom is 0.304 e. The second-order valence-corrected chi connectivity index (χ2v) is 5.60. The SMILES string of the molecule is CCn1ccc(NC(=O)CC(CC(=O)O)c2cccs2)n1. The highest BCUT2D eigenvalue weighted by molar-refractivity contribution is 7.10. The Morgan fingerprint density at radius 2 is 2.24 bits per heavy atom. The Morgan fingerprint density at radius 1 is 1.43 bits per heavy atom. The zero-order valence-electron chi connectivity index (χ0n) is 11.7. The number of hydrogen-bond donors (Lipinski definition) is 2. The van der Waals surface area contributed by atoms with Crippen LogP contribution in [0.5, 0.6) is 0 Å². The molecule has 2 aromatic heterocycles. The molecule has 2 rings (SSSR count). The van der Waals surface area contributed by atoms with E-state index in [-0.39, 0.29) is 24.7 Å². The number of carboxylic acid groups (broad SMARTS) is 1. The van der Waals surface area contributed by atoms with Gasteiger partial charge in [0.25, 0.3) is 0 Å². The number of carboxylic acids is 1. The first-order valence-electron chi connectivity index (χ1n) is 6.67. The van der Waals surface area contributed by atoms with Gasteiger partial charge in [-0.2, -0.15) is 5.10 Å². The molecule has 0 aromatic carbocycles. The molecule has 0 aliphatic heterocycles. The van der Waals surface area contributed by atoms with Gasteiger partial charge in [0.15, 0.2) is 5.82 Å². The smallest absolute Gasteiger partial charge is 0.304 e. The number of amides is 1. The lowest BCUT2D eigenvalue weighted by molar-refractivity contribution is -0.137. The fourth-order valence-electron chi connectivity index (χ4n) is 2.03. The molecular formula is C14H17N3O3S. The second-order valence-electron chi connectivity index (χ2n) is 4.62. The first kappa shape index (κ1) is 15.2. The van der Waals surface area contributed by atoms with Crippen molar-refractivity contribution < 1.29 is 14.7 Å². The summed E-state index contributed by atoms with van der Waals surface area (Å²) in [5, 5.41) is 17.7. The van der Waals surface area contributed by atoms with Crippen LogP contribution in [0.3, 0.4) is 0 Å². The molecule has 2 N–H and O–H groups in total. The van der Waals surface area contributed by atoms with E-state index in [1.54, 1.807) is 16.9 Å². The highest BCUT2D eigenvalue weighted by Crippen LogP contribution is 2.28. The normalized spacial score (nSPS) is 12.0. The number of carbonyl (C=O) groups excluding carboxylic acids is 1. The molecule has 0 radical (unpaired) electrons. The third-order valence-corrected chi connectivity index (χ3v) is 4.07. The number of rotatable bonds is 7. The van der Waals surface area contributed by atoms with Gasteiger partial charge in [-0.25, -0.2) is 0 Å². The van der Waals surface area contributed by atoms with Gasteiger partial charge in [0.1, 0.15) is 0 Å². The number of aromatic nitrogens is 2. The number of carbonyl (C=O) groups is 2. The summed E-state index contributed by atoms with van der Waals surface area (Å²) in [6.07, 6.45) is 1.85. The van der Waals surface area contributed by atoms with Crippen LogP contribution >= 0.6 is 11.3 Å². The van der Waals surface area contributed by atoms with Crippen LogP contribution in [0.1, 0.15) is 30.6 Å². The van der Waals surface area contributed by atoms with Gasteiger partial charge in [0.05, 0.1) is 6.42 Å². The van der Waals surface area contributed by atoms with Crippen molar-refractivity contribution in [2.75, 3.05) is 5.32 Å². The standard InChI is InChI=1S/C14H17N3O3S/c1-2-17-6-5-12(16-17)15-13(18)8-10(9-14(19)20)11-4-3-7-21-11/h3-7,10H,2,8-9H2,1H3,(H,19,20)(H,15,16,18). The predicted molar refractivity (Wildman–Crippen MR) is 80.5 cm³/mol. The monoisotopic (exact) mass is 307 g/mol. The molecule has 0 bridgehead atoms. The van der Waals surface area contributed by atoms with Crippen molar-refractivity contribution in [1.29, 1.82) is 0 Å². The lowest BCUT2D eigenvalue weighted by atomic mass is 9.99. The Bertz CT molecular complexity index is 607. The Hall–Kier alpha value is -2.15. The molecule has 0 aliphatic rings. The molecule has 2 heterocycles. The molecular weight excluding hydrogens is 290 g/mol. The first-order chi connectivity index (χ1) is 10.1. The number of aryl methyl sites for hydroxylation is 1. The van der Waals surface area contributed by atoms with Gasteiger partial charge in [0.2, 0.25) is 5.91 Å². The molecule has 1 atom stereocenters. The Kier molecular flexibility index (Phi) is 5.10. The Morgan fingerprint density at radius 3 is 2.81 bits per heavy atom. The number of anilines is 1. The van der Waals surface area contributed by atoms with Crippen LogP contribution in [0.4, 0.5) is 5.82 Å². The molecule has 0 saturated heterocycles. The van der Waals surface area contributed by atoms with E-state index in [0.717, 1.165) is 11.4 Å². The van der Waals surface area contributed by atoms with Crippen molar-refractivity contribution >= 4 is 29.0 Å². The van der Waals surface area contributed by atoms with E-state index in [1.807, 2.05) is 24.4 Å². The summed E-state index contributed by atoms with van der Waals surface area (Å²) in [7, 11) is 0. The molecule has 7 heteroatoms. The fourth-order valence-corrected chi connectivity index (χ4v) is 2.86. The predicted octanol–water partition coefficient (Wildman–Crippen LogP) is 2.55. The summed E-state index contributed by atoms with van der Waals surface area (Å²) in [4.78, 5) is 23.9. The Labute approximate surface area is 126 Å². The summed E-state index contributed by atoms with van der Waals surface area (Å²) in [5.74, 6) is -0.953. The van der Waals surface area contributed by atoms with E-state index < -0.39 is 5.97 Å². The summed E-state index contributed by atoms with van der Waals surface area (Å²) in [6, 6.07) is 5.44. The van der Waals surface area contributed by atoms with Crippen LogP contribution in [0, 0.1) is 0 Å². The van der Waals surface area contributed by atoms with E-state index in [1.165, 1.54) is 11.3 Å². The van der Waals surface area contributed by atoms with Crippen LogP contribution in [0.25, 0.3) is 0 Å². The molecule has 0 fully saturated rings. The molecule has 6 nitrogen and oxygen atoms in total. The van der Waals surface area contributed by atoms with Gasteiger partial charge < -0.3 is 10.4 Å². The third-order valence-electron chi connectivity index (χ3n) is 3.03. The van der Waals surface area contributed by atoms with E-state index in [4.69, 9.17) is 5.11 Å². The van der Waals surface area contributed by atoms with Gasteiger partial charge in [-0.05, 0) is 18.4 Å². The van der Waals surface area contributed by atoms with E-state index >= 15 is 0 Å². The van der Waals surface area contributed by atoms with Gasteiger partial charge in [-0.1, -0.05) is 6.07 Å². The van der Waals surface area contributed by atoms with E-state index in [9.17, 15) is 9.59 Å². The molecule has 0 aliphatic carbocycles. The summed E-state index contributed by atoms with van der Waals surface area (Å²) in [5.41, 5.74) is 0. The van der Waals surface area contributed by atoms with E-state index in [2.05, 4.69) is 10.4 Å². The van der Waals surface area contributed by atoms with E-state index in [0.29, 0.717) is 5.82 Å². The minimum atomic E-state index is -0.906. The number of hydrogen-bond acceptors (Lipinski definition) is 4. The fraction of sp³-hybridized carbons (Fsp3) is 0.357. The zero-order chi connectivity index (χ0) is 15.2. The van der Waals surface area contributed by atoms with Gasteiger partial charge in [-0.3, -0.25) is 14.3 Å². The van der Waals surface area contributed by atoms with Crippen LogP contribution in [0.2, 0.25) is 0 Å². The maximum absolute atomic E-state index is 12.0. The largest absolute Gasteiger partial charge is 0.481 e. The highest BCUT2D eigenvalue weighted by Gasteiger charge is 2.20. The lowest BCUT2D eigenvalue weighted by Crippen LogP contribution is -2.17. The van der Waals surface area contributed by atoms with Crippen molar-refractivity contribution in [3.63, 3.8) is 0 Å². The first-order valence-corrected chi connectivity index (χ1v) is 7.55.